The Morgan fingerprint density at radius 3 is 3.08 bits per heavy atom. The highest BCUT2D eigenvalue weighted by atomic mass is 19.1. The lowest BCUT2D eigenvalue weighted by Gasteiger charge is -1.99. The van der Waals surface area contributed by atoms with Crippen molar-refractivity contribution >= 4 is 5.82 Å². The van der Waals surface area contributed by atoms with E-state index in [0.29, 0.717) is 12.4 Å². The molecule has 0 bridgehead atoms. The number of nitrogens with zero attached hydrogens (tertiary/aromatic N) is 1. The van der Waals surface area contributed by atoms with Crippen molar-refractivity contribution in [1.29, 1.82) is 0 Å². The van der Waals surface area contributed by atoms with Gasteiger partial charge in [0.1, 0.15) is 5.82 Å². The third kappa shape index (κ3) is 2.59. The predicted molar refractivity (Wildman–Crippen MR) is 46.1 cm³/mol. The molecule has 0 amide bonds. The molecule has 3 heteroatoms. The fraction of sp³-hybridized carbons (Fsp3) is 0.222. The molecule has 0 aliphatic rings. The molecular weight excluding hydrogens is 155 g/mol. The first-order valence-corrected chi connectivity index (χ1v) is 3.59. The number of nitrogens with one attached hydrogen (secondary N) is 1. The van der Waals surface area contributed by atoms with Gasteiger partial charge >= 0.3 is 0 Å². The summed E-state index contributed by atoms with van der Waals surface area (Å²) in [5.74, 6) is 5.54. The van der Waals surface area contributed by atoms with Crippen molar-refractivity contribution in [2.75, 3.05) is 11.9 Å². The Labute approximate surface area is 70.8 Å². The van der Waals surface area contributed by atoms with Crippen LogP contribution in [0.4, 0.5) is 10.2 Å². The molecule has 0 atom stereocenters. The molecular formula is C9H9FN2. The minimum absolute atomic E-state index is 0.482. The molecule has 0 saturated carbocycles. The Bertz CT molecular complexity index is 312. The normalized spacial score (nSPS) is 8.50. The van der Waals surface area contributed by atoms with Crippen LogP contribution in [0.15, 0.2) is 18.2 Å². The van der Waals surface area contributed by atoms with Crippen LogP contribution in [0.25, 0.3) is 0 Å². The van der Waals surface area contributed by atoms with Gasteiger partial charge in [0.15, 0.2) is 0 Å². The van der Waals surface area contributed by atoms with Gasteiger partial charge in [0.05, 0.1) is 6.54 Å². The number of anilines is 1. The van der Waals surface area contributed by atoms with Gasteiger partial charge in [-0.15, -0.1) is 5.92 Å². The fourth-order valence-corrected chi connectivity index (χ4v) is 0.730. The molecule has 2 nitrogen and oxygen atoms in total. The van der Waals surface area contributed by atoms with Crippen LogP contribution in [0, 0.1) is 17.8 Å². The highest BCUT2D eigenvalue weighted by Gasteiger charge is 1.92. The highest BCUT2D eigenvalue weighted by molar-refractivity contribution is 5.35. The lowest BCUT2D eigenvalue weighted by Crippen LogP contribution is -2.01. The van der Waals surface area contributed by atoms with E-state index in [0.717, 1.165) is 0 Å². The van der Waals surface area contributed by atoms with E-state index in [1.807, 2.05) is 0 Å². The molecule has 1 aromatic rings. The van der Waals surface area contributed by atoms with E-state index in [-0.39, 0.29) is 0 Å². The van der Waals surface area contributed by atoms with Gasteiger partial charge in [-0.3, -0.25) is 0 Å². The first kappa shape index (κ1) is 8.54. The molecule has 1 heterocycles. The molecule has 0 aromatic carbocycles. The molecule has 0 spiro atoms. The molecule has 0 unspecified atom stereocenters. The molecule has 0 saturated heterocycles. The van der Waals surface area contributed by atoms with Crippen LogP contribution in [-0.2, 0) is 0 Å². The SMILES string of the molecule is CC#CCNc1cccc(F)n1. The van der Waals surface area contributed by atoms with Crippen molar-refractivity contribution in [3.8, 4) is 11.8 Å². The smallest absolute Gasteiger partial charge is 0.214 e. The third-order valence-corrected chi connectivity index (χ3v) is 1.25. The van der Waals surface area contributed by atoms with E-state index >= 15 is 0 Å². The molecule has 1 N–H and O–H groups in total. The monoisotopic (exact) mass is 164 g/mol. The van der Waals surface area contributed by atoms with Crippen molar-refractivity contribution in [3.63, 3.8) is 0 Å². The molecule has 0 radical (unpaired) electrons. The molecule has 0 aliphatic heterocycles. The van der Waals surface area contributed by atoms with E-state index in [2.05, 4.69) is 22.1 Å². The van der Waals surface area contributed by atoms with Crippen LogP contribution in [0.5, 0.6) is 0 Å². The van der Waals surface area contributed by atoms with Gasteiger partial charge < -0.3 is 5.32 Å². The predicted octanol–water partition coefficient (Wildman–Crippen LogP) is 1.66. The maximum Gasteiger partial charge on any atom is 0.214 e. The van der Waals surface area contributed by atoms with Crippen molar-refractivity contribution in [3.05, 3.63) is 24.1 Å². The summed E-state index contributed by atoms with van der Waals surface area (Å²) >= 11 is 0. The molecule has 62 valence electrons. The molecule has 0 fully saturated rings. The Kier molecular flexibility index (Phi) is 3.09. The Hall–Kier alpha value is -1.56. The standard InChI is InChI=1S/C9H9FN2/c1-2-3-7-11-9-6-4-5-8(10)12-9/h4-6H,7H2,1H3,(H,11,12). The van der Waals surface area contributed by atoms with Gasteiger partial charge in [-0.25, -0.2) is 4.98 Å². The number of aromatic nitrogens is 1. The van der Waals surface area contributed by atoms with E-state index < -0.39 is 5.95 Å². The first-order chi connectivity index (χ1) is 5.83. The zero-order valence-electron chi connectivity index (χ0n) is 6.76. The zero-order chi connectivity index (χ0) is 8.81. The van der Waals surface area contributed by atoms with Gasteiger partial charge in [-0.1, -0.05) is 12.0 Å². The largest absolute Gasteiger partial charge is 0.359 e. The van der Waals surface area contributed by atoms with Crippen LogP contribution < -0.4 is 5.32 Å². The summed E-state index contributed by atoms with van der Waals surface area (Å²) in [7, 11) is 0. The molecule has 1 rings (SSSR count). The Morgan fingerprint density at radius 1 is 1.58 bits per heavy atom. The van der Waals surface area contributed by atoms with E-state index in [4.69, 9.17) is 0 Å². The minimum atomic E-state index is -0.482. The average molecular weight is 164 g/mol. The number of hydrogen-bond donors (Lipinski definition) is 1. The number of hydrogen-bond acceptors (Lipinski definition) is 2. The van der Waals surface area contributed by atoms with Gasteiger partial charge in [0, 0.05) is 0 Å². The topological polar surface area (TPSA) is 24.9 Å². The van der Waals surface area contributed by atoms with E-state index in [1.165, 1.54) is 6.07 Å². The summed E-state index contributed by atoms with van der Waals surface area (Å²) in [6, 6.07) is 4.60. The van der Waals surface area contributed by atoms with Crippen molar-refractivity contribution in [2.45, 2.75) is 6.92 Å². The maximum absolute atomic E-state index is 12.5. The summed E-state index contributed by atoms with van der Waals surface area (Å²) in [6.45, 7) is 2.24. The second-order valence-corrected chi connectivity index (χ2v) is 2.13. The van der Waals surface area contributed by atoms with Crippen LogP contribution in [0.3, 0.4) is 0 Å². The number of halogens is 1. The number of pyridine rings is 1. The van der Waals surface area contributed by atoms with Crippen molar-refractivity contribution in [2.24, 2.45) is 0 Å². The summed E-state index contributed by atoms with van der Waals surface area (Å²) in [4.78, 5) is 3.60. The summed E-state index contributed by atoms with van der Waals surface area (Å²) in [5, 5.41) is 2.86. The van der Waals surface area contributed by atoms with Gasteiger partial charge in [-0.05, 0) is 19.1 Å². The van der Waals surface area contributed by atoms with E-state index in [1.54, 1.807) is 19.1 Å². The van der Waals surface area contributed by atoms with Gasteiger partial charge in [0.2, 0.25) is 5.95 Å². The summed E-state index contributed by atoms with van der Waals surface area (Å²) in [6.07, 6.45) is 0. The number of rotatable bonds is 2. The van der Waals surface area contributed by atoms with Crippen LogP contribution in [0.2, 0.25) is 0 Å². The highest BCUT2D eigenvalue weighted by Crippen LogP contribution is 2.01. The minimum Gasteiger partial charge on any atom is -0.359 e. The Morgan fingerprint density at radius 2 is 2.42 bits per heavy atom. The fourth-order valence-electron chi connectivity index (χ4n) is 0.730. The molecule has 12 heavy (non-hydrogen) atoms. The van der Waals surface area contributed by atoms with Crippen molar-refractivity contribution < 1.29 is 4.39 Å². The van der Waals surface area contributed by atoms with Crippen LogP contribution >= 0.6 is 0 Å². The average Bonchev–Trinajstić information content (AvgIpc) is 2.05. The van der Waals surface area contributed by atoms with Crippen LogP contribution in [0.1, 0.15) is 6.92 Å². The second kappa shape index (κ2) is 4.35. The molecule has 1 aromatic heterocycles. The first-order valence-electron chi connectivity index (χ1n) is 3.59. The van der Waals surface area contributed by atoms with Gasteiger partial charge in [-0.2, -0.15) is 4.39 Å². The van der Waals surface area contributed by atoms with Gasteiger partial charge in [0.25, 0.3) is 0 Å². The maximum atomic E-state index is 12.5. The van der Waals surface area contributed by atoms with Crippen molar-refractivity contribution in [1.82, 2.24) is 4.98 Å². The summed E-state index contributed by atoms with van der Waals surface area (Å²) < 4.78 is 12.5. The lowest BCUT2D eigenvalue weighted by molar-refractivity contribution is 0.585. The lowest BCUT2D eigenvalue weighted by atomic mass is 10.4. The molecule has 0 aliphatic carbocycles. The third-order valence-electron chi connectivity index (χ3n) is 1.25. The van der Waals surface area contributed by atoms with Crippen LogP contribution in [-0.4, -0.2) is 11.5 Å². The quantitative estimate of drug-likeness (QED) is 0.531. The zero-order valence-corrected chi connectivity index (χ0v) is 6.76. The summed E-state index contributed by atoms with van der Waals surface area (Å²) in [5.41, 5.74) is 0. The Balaban J connectivity index is 2.55. The van der Waals surface area contributed by atoms with E-state index in [9.17, 15) is 4.39 Å². The second-order valence-electron chi connectivity index (χ2n) is 2.13.